The third kappa shape index (κ3) is 2.48. The second-order valence-corrected chi connectivity index (χ2v) is 4.26. The van der Waals surface area contributed by atoms with Crippen LogP contribution in [0.5, 0.6) is 0 Å². The Morgan fingerprint density at radius 3 is 2.67 bits per heavy atom. The minimum Gasteiger partial charge on any atom is -0.408 e. The van der Waals surface area contributed by atoms with Gasteiger partial charge in [0.05, 0.1) is 5.52 Å². The van der Waals surface area contributed by atoms with Crippen LogP contribution in [0.25, 0.3) is 11.1 Å². The number of rotatable bonds is 1. The summed E-state index contributed by atoms with van der Waals surface area (Å²) in [6.07, 6.45) is 2.21. The quantitative estimate of drug-likeness (QED) is 0.815. The molecule has 0 spiro atoms. The molecule has 2 heterocycles. The van der Waals surface area contributed by atoms with Crippen LogP contribution in [0, 0.1) is 0 Å². The average Bonchev–Trinajstić information content (AvgIpc) is 2.82. The van der Waals surface area contributed by atoms with E-state index in [-0.39, 0.29) is 5.76 Å². The first-order chi connectivity index (χ1) is 8.84. The van der Waals surface area contributed by atoms with Crippen LogP contribution in [0.15, 0.2) is 27.4 Å². The van der Waals surface area contributed by atoms with Crippen molar-refractivity contribution >= 4 is 11.1 Å². The Hall–Kier alpha value is -1.55. The largest absolute Gasteiger partial charge is 0.417 e. The van der Waals surface area contributed by atoms with E-state index < -0.39 is 0 Å². The summed E-state index contributed by atoms with van der Waals surface area (Å²) in [6, 6.07) is 5.92. The van der Waals surface area contributed by atoms with Gasteiger partial charge >= 0.3 is 5.76 Å². The van der Waals surface area contributed by atoms with E-state index in [2.05, 4.69) is 16.4 Å². The number of hydrogen-bond donors (Lipinski definition) is 2. The molecule has 18 heavy (non-hydrogen) atoms. The molecule has 2 aromatic rings. The van der Waals surface area contributed by atoms with Gasteiger partial charge in [0, 0.05) is 5.56 Å². The molecule has 0 amide bonds. The number of H-pyrrole nitrogens is 1. The van der Waals surface area contributed by atoms with Crippen molar-refractivity contribution in [2.45, 2.75) is 32.6 Å². The molecular weight excluding hydrogens is 228 g/mol. The van der Waals surface area contributed by atoms with Crippen molar-refractivity contribution < 1.29 is 4.42 Å². The number of aromatic nitrogens is 1. The number of fused-ring (bicyclic) bond motifs is 1. The summed E-state index contributed by atoms with van der Waals surface area (Å²) >= 11 is 0. The standard InChI is InChI=1S/C12H14N2O2.C2H6/c15-12-14-10-3-1-2-9(11(10)16-12)8-4-6-13-7-5-8;1-2/h1-3,8,13H,4-7H2,(H,14,15);1-2H3. The first kappa shape index (κ1) is 12.9. The molecule has 3 rings (SSSR count). The number of aromatic amines is 1. The van der Waals surface area contributed by atoms with Gasteiger partial charge in [-0.15, -0.1) is 0 Å². The minimum absolute atomic E-state index is 0.364. The van der Waals surface area contributed by atoms with E-state index in [9.17, 15) is 4.79 Å². The maximum absolute atomic E-state index is 11.2. The van der Waals surface area contributed by atoms with Crippen LogP contribution in [-0.2, 0) is 0 Å². The van der Waals surface area contributed by atoms with Gasteiger partial charge in [-0.1, -0.05) is 26.0 Å². The third-order valence-corrected chi connectivity index (χ3v) is 3.26. The lowest BCUT2D eigenvalue weighted by atomic mass is 9.90. The molecule has 98 valence electrons. The molecule has 0 saturated carbocycles. The van der Waals surface area contributed by atoms with Gasteiger partial charge in [-0.05, 0) is 37.9 Å². The number of hydrogen-bond acceptors (Lipinski definition) is 3. The molecule has 0 atom stereocenters. The zero-order valence-electron chi connectivity index (χ0n) is 11.0. The summed E-state index contributed by atoms with van der Waals surface area (Å²) < 4.78 is 5.22. The van der Waals surface area contributed by atoms with Gasteiger partial charge in [0.1, 0.15) is 0 Å². The van der Waals surface area contributed by atoms with Gasteiger partial charge < -0.3 is 9.73 Å². The normalized spacial score (nSPS) is 16.3. The molecule has 0 aliphatic carbocycles. The Morgan fingerprint density at radius 2 is 1.94 bits per heavy atom. The van der Waals surface area contributed by atoms with Gasteiger partial charge in [-0.2, -0.15) is 0 Å². The summed E-state index contributed by atoms with van der Waals surface area (Å²) in [5.41, 5.74) is 2.71. The van der Waals surface area contributed by atoms with Gasteiger partial charge in [0.15, 0.2) is 5.58 Å². The Bertz CT molecular complexity index is 550. The zero-order chi connectivity index (χ0) is 13.0. The minimum atomic E-state index is -0.364. The van der Waals surface area contributed by atoms with Crippen molar-refractivity contribution in [3.8, 4) is 0 Å². The van der Waals surface area contributed by atoms with Crippen LogP contribution in [0.4, 0.5) is 0 Å². The molecule has 1 fully saturated rings. The molecule has 0 bridgehead atoms. The predicted molar refractivity (Wildman–Crippen MR) is 73.0 cm³/mol. The lowest BCUT2D eigenvalue weighted by Crippen LogP contribution is -2.26. The summed E-state index contributed by atoms with van der Waals surface area (Å²) in [5, 5.41) is 3.34. The molecule has 1 aromatic heterocycles. The smallest absolute Gasteiger partial charge is 0.408 e. The Kier molecular flexibility index (Phi) is 4.20. The van der Waals surface area contributed by atoms with E-state index in [1.54, 1.807) is 0 Å². The number of nitrogens with one attached hydrogen (secondary N) is 2. The van der Waals surface area contributed by atoms with Crippen LogP contribution in [0.1, 0.15) is 38.2 Å². The topological polar surface area (TPSA) is 58.0 Å². The third-order valence-electron chi connectivity index (χ3n) is 3.26. The van der Waals surface area contributed by atoms with Crippen molar-refractivity contribution in [3.05, 3.63) is 34.3 Å². The van der Waals surface area contributed by atoms with Crippen LogP contribution in [0.3, 0.4) is 0 Å². The molecule has 0 radical (unpaired) electrons. The van der Waals surface area contributed by atoms with Crippen LogP contribution >= 0.6 is 0 Å². The van der Waals surface area contributed by atoms with Gasteiger partial charge in [0.25, 0.3) is 0 Å². The highest BCUT2D eigenvalue weighted by Gasteiger charge is 2.19. The maximum atomic E-state index is 11.2. The average molecular weight is 248 g/mol. The number of oxazole rings is 1. The Labute approximate surface area is 106 Å². The maximum Gasteiger partial charge on any atom is 0.417 e. The monoisotopic (exact) mass is 248 g/mol. The molecule has 2 N–H and O–H groups in total. The van der Waals surface area contributed by atoms with E-state index >= 15 is 0 Å². The molecule has 1 aromatic carbocycles. The van der Waals surface area contributed by atoms with E-state index in [1.165, 1.54) is 0 Å². The fraction of sp³-hybridized carbons (Fsp3) is 0.500. The second kappa shape index (κ2) is 5.87. The first-order valence-corrected chi connectivity index (χ1v) is 6.67. The zero-order valence-corrected chi connectivity index (χ0v) is 11.0. The van der Waals surface area contributed by atoms with Crippen molar-refractivity contribution in [1.82, 2.24) is 10.3 Å². The van der Waals surface area contributed by atoms with Gasteiger partial charge in [-0.25, -0.2) is 4.79 Å². The van der Waals surface area contributed by atoms with Crippen LogP contribution < -0.4 is 11.1 Å². The summed E-state index contributed by atoms with van der Waals surface area (Å²) in [6.45, 7) is 6.07. The van der Waals surface area contributed by atoms with Crippen molar-refractivity contribution in [2.24, 2.45) is 0 Å². The van der Waals surface area contributed by atoms with E-state index in [1.807, 2.05) is 26.0 Å². The summed E-state index contributed by atoms with van der Waals surface area (Å²) in [7, 11) is 0. The van der Waals surface area contributed by atoms with E-state index in [4.69, 9.17) is 4.42 Å². The molecule has 4 heteroatoms. The van der Waals surface area contributed by atoms with Crippen LogP contribution in [-0.4, -0.2) is 18.1 Å². The summed E-state index contributed by atoms with van der Waals surface area (Å²) in [5.74, 6) is 0.139. The van der Waals surface area contributed by atoms with E-state index in [0.29, 0.717) is 5.92 Å². The molecule has 1 aliphatic heterocycles. The number of benzene rings is 1. The Morgan fingerprint density at radius 1 is 1.22 bits per heavy atom. The van der Waals surface area contributed by atoms with Gasteiger partial charge in [0.2, 0.25) is 0 Å². The second-order valence-electron chi connectivity index (χ2n) is 4.26. The molecule has 1 saturated heterocycles. The molecule has 1 aliphatic rings. The highest BCUT2D eigenvalue weighted by atomic mass is 16.4. The number of para-hydroxylation sites is 1. The van der Waals surface area contributed by atoms with Crippen LogP contribution in [0.2, 0.25) is 0 Å². The van der Waals surface area contributed by atoms with E-state index in [0.717, 1.165) is 42.6 Å². The fourth-order valence-electron chi connectivity index (χ4n) is 2.45. The summed E-state index contributed by atoms with van der Waals surface area (Å²) in [4.78, 5) is 13.9. The highest BCUT2D eigenvalue weighted by molar-refractivity contribution is 5.76. The highest BCUT2D eigenvalue weighted by Crippen LogP contribution is 2.30. The lowest BCUT2D eigenvalue weighted by molar-refractivity contribution is 0.455. The first-order valence-electron chi connectivity index (χ1n) is 6.67. The number of piperidine rings is 1. The molecule has 4 nitrogen and oxygen atoms in total. The fourth-order valence-corrected chi connectivity index (χ4v) is 2.45. The molecule has 0 unspecified atom stereocenters. The molecular formula is C14H20N2O2. The van der Waals surface area contributed by atoms with Crippen molar-refractivity contribution in [1.29, 1.82) is 0 Å². The van der Waals surface area contributed by atoms with Crippen molar-refractivity contribution in [2.75, 3.05) is 13.1 Å². The Balaban J connectivity index is 0.000000574. The van der Waals surface area contributed by atoms with Gasteiger partial charge in [-0.3, -0.25) is 4.98 Å². The SMILES string of the molecule is CC.O=c1[nH]c2cccc(C3CCNCC3)c2o1. The lowest BCUT2D eigenvalue weighted by Gasteiger charge is -2.22. The van der Waals surface area contributed by atoms with Crippen molar-refractivity contribution in [3.63, 3.8) is 0 Å². The predicted octanol–water partition coefficient (Wildman–Crippen LogP) is 2.61.